The molecule has 0 radical (unpaired) electrons. The average molecular weight is 454 g/mol. The van der Waals surface area contributed by atoms with Gasteiger partial charge in [0, 0.05) is 23.3 Å². The Morgan fingerprint density at radius 3 is 2.53 bits per heavy atom. The van der Waals surface area contributed by atoms with Crippen LogP contribution in [0, 0.1) is 23.0 Å². The van der Waals surface area contributed by atoms with Gasteiger partial charge in [-0.25, -0.2) is 13.6 Å². The predicted octanol–water partition coefficient (Wildman–Crippen LogP) is 5.56. The van der Waals surface area contributed by atoms with Crippen LogP contribution in [0.2, 0.25) is 0 Å². The molecular formula is C27H16F2N2O3. The molecule has 0 saturated carbocycles. The van der Waals surface area contributed by atoms with E-state index in [2.05, 4.69) is 0 Å². The first kappa shape index (κ1) is 21.2. The van der Waals surface area contributed by atoms with E-state index in [0.717, 1.165) is 22.9 Å². The lowest BCUT2D eigenvalue weighted by molar-refractivity contribution is 0.0736. The standard InChI is InChI=1S/C27H16F2N2O3/c28-16-8-10-20(23(29)12-16)25-21-11-9-17(13-24(21)34-26(31)22(25)14-30)33-27(32)19-7-3-5-15-4-1-2-6-18(15)19/h1-13,25H,31H2/t25-/m1/s1. The highest BCUT2D eigenvalue weighted by Gasteiger charge is 2.33. The van der Waals surface area contributed by atoms with Gasteiger partial charge in [0.1, 0.15) is 34.8 Å². The summed E-state index contributed by atoms with van der Waals surface area (Å²) in [6, 6.07) is 22.4. The molecule has 5 nitrogen and oxygen atoms in total. The fourth-order valence-electron chi connectivity index (χ4n) is 4.12. The third-order valence-electron chi connectivity index (χ3n) is 5.68. The van der Waals surface area contributed by atoms with Gasteiger partial charge in [-0.3, -0.25) is 0 Å². The van der Waals surface area contributed by atoms with Crippen molar-refractivity contribution < 1.29 is 23.0 Å². The summed E-state index contributed by atoms with van der Waals surface area (Å²) >= 11 is 0. The molecule has 2 N–H and O–H groups in total. The van der Waals surface area contributed by atoms with E-state index in [9.17, 15) is 18.8 Å². The SMILES string of the molecule is N#CC1=C(N)Oc2cc(OC(=O)c3cccc4ccccc34)ccc2[C@H]1c1ccc(F)cc1F. The number of halogens is 2. The predicted molar refractivity (Wildman–Crippen MR) is 121 cm³/mol. The lowest BCUT2D eigenvalue weighted by Gasteiger charge is -2.27. The molecule has 7 heteroatoms. The lowest BCUT2D eigenvalue weighted by Crippen LogP contribution is -2.22. The van der Waals surface area contributed by atoms with Crippen LogP contribution in [-0.4, -0.2) is 5.97 Å². The lowest BCUT2D eigenvalue weighted by atomic mass is 9.83. The van der Waals surface area contributed by atoms with Gasteiger partial charge < -0.3 is 15.2 Å². The van der Waals surface area contributed by atoms with Crippen LogP contribution in [0.1, 0.15) is 27.4 Å². The van der Waals surface area contributed by atoms with Crippen molar-refractivity contribution in [2.24, 2.45) is 5.73 Å². The topological polar surface area (TPSA) is 85.3 Å². The second-order valence-electron chi connectivity index (χ2n) is 7.71. The van der Waals surface area contributed by atoms with E-state index in [1.54, 1.807) is 18.2 Å². The van der Waals surface area contributed by atoms with Gasteiger partial charge in [0.2, 0.25) is 5.88 Å². The summed E-state index contributed by atoms with van der Waals surface area (Å²) in [4.78, 5) is 12.9. The first-order chi connectivity index (χ1) is 16.5. The number of rotatable bonds is 3. The van der Waals surface area contributed by atoms with Crippen LogP contribution in [0.3, 0.4) is 0 Å². The Morgan fingerprint density at radius 2 is 1.74 bits per heavy atom. The Balaban J connectivity index is 1.52. The number of nitrogens with two attached hydrogens (primary N) is 1. The van der Waals surface area contributed by atoms with E-state index < -0.39 is 23.5 Å². The van der Waals surface area contributed by atoms with E-state index in [4.69, 9.17) is 15.2 Å². The van der Waals surface area contributed by atoms with Crippen LogP contribution in [0.5, 0.6) is 11.5 Å². The molecule has 0 bridgehead atoms. The molecule has 0 amide bonds. The van der Waals surface area contributed by atoms with E-state index in [1.807, 2.05) is 36.4 Å². The number of nitriles is 1. The van der Waals surface area contributed by atoms with E-state index in [-0.39, 0.29) is 28.5 Å². The highest BCUT2D eigenvalue weighted by Crippen LogP contribution is 2.44. The molecular weight excluding hydrogens is 438 g/mol. The molecule has 4 aromatic carbocycles. The molecule has 1 aliphatic rings. The zero-order chi connectivity index (χ0) is 23.8. The first-order valence-electron chi connectivity index (χ1n) is 10.3. The highest BCUT2D eigenvalue weighted by molar-refractivity contribution is 6.05. The van der Waals surface area contributed by atoms with Gasteiger partial charge in [0.25, 0.3) is 0 Å². The average Bonchev–Trinajstić information content (AvgIpc) is 2.83. The quantitative estimate of drug-likeness (QED) is 0.324. The minimum absolute atomic E-state index is 0.00138. The molecule has 0 fully saturated rings. The van der Waals surface area contributed by atoms with Gasteiger partial charge in [-0.05, 0) is 29.0 Å². The minimum atomic E-state index is -0.905. The Hall–Kier alpha value is -4.70. The van der Waals surface area contributed by atoms with Gasteiger partial charge in [0.15, 0.2) is 0 Å². The maximum Gasteiger partial charge on any atom is 0.344 e. The molecule has 5 rings (SSSR count). The number of carbonyl (C=O) groups is 1. The van der Waals surface area contributed by atoms with Crippen molar-refractivity contribution in [3.05, 3.63) is 119 Å². The molecule has 1 aliphatic heterocycles. The van der Waals surface area contributed by atoms with Crippen molar-refractivity contribution in [1.82, 2.24) is 0 Å². The summed E-state index contributed by atoms with van der Waals surface area (Å²) in [6.45, 7) is 0. The van der Waals surface area contributed by atoms with Crippen LogP contribution < -0.4 is 15.2 Å². The van der Waals surface area contributed by atoms with Crippen molar-refractivity contribution in [1.29, 1.82) is 5.26 Å². The Kier molecular flexibility index (Phi) is 5.19. The van der Waals surface area contributed by atoms with Gasteiger partial charge in [0.05, 0.1) is 11.5 Å². The number of allylic oxidation sites excluding steroid dienone is 1. The molecule has 0 aliphatic carbocycles. The van der Waals surface area contributed by atoms with E-state index >= 15 is 0 Å². The molecule has 0 unspecified atom stereocenters. The van der Waals surface area contributed by atoms with Crippen molar-refractivity contribution in [2.75, 3.05) is 0 Å². The van der Waals surface area contributed by atoms with E-state index in [1.165, 1.54) is 18.2 Å². The fourth-order valence-corrected chi connectivity index (χ4v) is 4.12. The highest BCUT2D eigenvalue weighted by atomic mass is 19.1. The first-order valence-corrected chi connectivity index (χ1v) is 10.3. The number of esters is 1. The Bertz CT molecular complexity index is 1530. The normalized spacial score (nSPS) is 14.8. The smallest absolute Gasteiger partial charge is 0.344 e. The Labute approximate surface area is 193 Å². The Morgan fingerprint density at radius 1 is 0.971 bits per heavy atom. The second kappa shape index (κ2) is 8.34. The number of ether oxygens (including phenoxy) is 2. The number of carbonyl (C=O) groups excluding carboxylic acids is 1. The number of hydrogen-bond acceptors (Lipinski definition) is 5. The van der Waals surface area contributed by atoms with Crippen LogP contribution in [0.4, 0.5) is 8.78 Å². The molecule has 0 saturated heterocycles. The summed E-state index contributed by atoms with van der Waals surface area (Å²) in [5.41, 5.74) is 6.85. The van der Waals surface area contributed by atoms with Crippen molar-refractivity contribution in [2.45, 2.75) is 5.92 Å². The maximum absolute atomic E-state index is 14.6. The van der Waals surface area contributed by atoms with E-state index in [0.29, 0.717) is 11.1 Å². The van der Waals surface area contributed by atoms with Gasteiger partial charge in [-0.15, -0.1) is 0 Å². The zero-order valence-electron chi connectivity index (χ0n) is 17.6. The van der Waals surface area contributed by atoms with Crippen molar-refractivity contribution >= 4 is 16.7 Å². The molecule has 4 aromatic rings. The van der Waals surface area contributed by atoms with Gasteiger partial charge in [-0.2, -0.15) is 5.26 Å². The van der Waals surface area contributed by atoms with Crippen molar-refractivity contribution in [3.63, 3.8) is 0 Å². The largest absolute Gasteiger partial charge is 0.440 e. The molecule has 34 heavy (non-hydrogen) atoms. The third kappa shape index (κ3) is 3.61. The van der Waals surface area contributed by atoms with Crippen LogP contribution in [0.15, 0.2) is 90.3 Å². The minimum Gasteiger partial charge on any atom is -0.440 e. The second-order valence-corrected chi connectivity index (χ2v) is 7.71. The molecule has 166 valence electrons. The van der Waals surface area contributed by atoms with Gasteiger partial charge in [-0.1, -0.05) is 48.5 Å². The van der Waals surface area contributed by atoms with Crippen LogP contribution >= 0.6 is 0 Å². The zero-order valence-corrected chi connectivity index (χ0v) is 17.6. The maximum atomic E-state index is 14.6. The van der Waals surface area contributed by atoms with Crippen LogP contribution in [-0.2, 0) is 0 Å². The molecule has 1 heterocycles. The summed E-state index contributed by atoms with van der Waals surface area (Å²) in [5.74, 6) is -2.84. The number of benzene rings is 4. The third-order valence-corrected chi connectivity index (χ3v) is 5.68. The van der Waals surface area contributed by atoms with Crippen LogP contribution in [0.25, 0.3) is 10.8 Å². The molecule has 1 atom stereocenters. The monoisotopic (exact) mass is 454 g/mol. The van der Waals surface area contributed by atoms with Crippen molar-refractivity contribution in [3.8, 4) is 17.6 Å². The number of nitrogens with zero attached hydrogens (tertiary/aromatic N) is 1. The number of fused-ring (bicyclic) bond motifs is 2. The number of hydrogen-bond donors (Lipinski definition) is 1. The fraction of sp³-hybridized carbons (Fsp3) is 0.0370. The summed E-state index contributed by atoms with van der Waals surface area (Å²) < 4.78 is 39.2. The van der Waals surface area contributed by atoms with Gasteiger partial charge >= 0.3 is 5.97 Å². The summed E-state index contributed by atoms with van der Waals surface area (Å²) in [6.07, 6.45) is 0. The molecule has 0 spiro atoms. The summed E-state index contributed by atoms with van der Waals surface area (Å²) in [5, 5.41) is 11.3. The summed E-state index contributed by atoms with van der Waals surface area (Å²) in [7, 11) is 0. The molecule has 0 aromatic heterocycles.